The molecule has 0 radical (unpaired) electrons. The molecule has 1 atom stereocenters. The second-order valence-electron chi connectivity index (χ2n) is 7.16. The molecule has 29 heavy (non-hydrogen) atoms. The molecule has 4 rings (SSSR count). The highest BCUT2D eigenvalue weighted by molar-refractivity contribution is 8.00. The Morgan fingerprint density at radius 2 is 2.07 bits per heavy atom. The van der Waals surface area contributed by atoms with E-state index in [1.165, 1.54) is 12.7 Å². The van der Waals surface area contributed by atoms with Crippen molar-refractivity contribution in [1.82, 2.24) is 0 Å². The second-order valence-corrected chi connectivity index (χ2v) is 8.40. The molecule has 0 fully saturated rings. The highest BCUT2D eigenvalue weighted by Gasteiger charge is 2.30. The van der Waals surface area contributed by atoms with Gasteiger partial charge in [-0.05, 0) is 42.7 Å². The van der Waals surface area contributed by atoms with Crippen LogP contribution >= 0.6 is 11.8 Å². The van der Waals surface area contributed by atoms with Crippen molar-refractivity contribution in [2.75, 3.05) is 12.0 Å². The number of carbonyl (C=O) groups is 2. The van der Waals surface area contributed by atoms with E-state index in [0.29, 0.717) is 18.5 Å². The maximum atomic E-state index is 13.3. The van der Waals surface area contributed by atoms with Gasteiger partial charge in [-0.1, -0.05) is 48.1 Å². The molecule has 1 aliphatic carbocycles. The van der Waals surface area contributed by atoms with Crippen molar-refractivity contribution in [2.24, 2.45) is 0 Å². The first-order valence-corrected chi connectivity index (χ1v) is 10.6. The summed E-state index contributed by atoms with van der Waals surface area (Å²) in [6.07, 6.45) is 8.92. The van der Waals surface area contributed by atoms with Crippen LogP contribution in [0.1, 0.15) is 35.2 Å². The zero-order chi connectivity index (χ0) is 20.2. The third-order valence-corrected chi connectivity index (χ3v) is 6.59. The predicted octanol–water partition coefficient (Wildman–Crippen LogP) is 5.15. The van der Waals surface area contributed by atoms with Crippen LogP contribution in [0, 0.1) is 0 Å². The molecule has 2 aromatic rings. The largest absolute Gasteiger partial charge is 0.465 e. The van der Waals surface area contributed by atoms with Gasteiger partial charge in [-0.3, -0.25) is 4.79 Å². The molecule has 0 aromatic heterocycles. The number of amides is 1. The lowest BCUT2D eigenvalue weighted by molar-refractivity contribution is -0.118. The van der Waals surface area contributed by atoms with Crippen molar-refractivity contribution in [3.05, 3.63) is 83.5 Å². The number of hydrogen-bond donors (Lipinski definition) is 0. The summed E-state index contributed by atoms with van der Waals surface area (Å²) in [5.74, 6) is -0.270. The number of ether oxygens (including phenoxy) is 1. The van der Waals surface area contributed by atoms with Crippen LogP contribution in [0.25, 0.3) is 0 Å². The predicted molar refractivity (Wildman–Crippen MR) is 116 cm³/mol. The Labute approximate surface area is 175 Å². The number of nitrogens with zero attached hydrogens (tertiary/aromatic N) is 1. The average molecular weight is 406 g/mol. The SMILES string of the molecule is COC(=O)c1cccc(CN2C(=O)CC(C3=CC=CCC3)Sc3ccccc32)c1. The Morgan fingerprint density at radius 3 is 2.86 bits per heavy atom. The number of hydrogen-bond acceptors (Lipinski definition) is 4. The summed E-state index contributed by atoms with van der Waals surface area (Å²) < 4.78 is 4.83. The number of benzene rings is 2. The third-order valence-electron chi connectivity index (χ3n) is 5.23. The molecule has 1 aliphatic heterocycles. The summed E-state index contributed by atoms with van der Waals surface area (Å²) in [6, 6.07) is 15.4. The van der Waals surface area contributed by atoms with Crippen LogP contribution in [-0.4, -0.2) is 24.2 Å². The van der Waals surface area contributed by atoms with E-state index in [0.717, 1.165) is 29.0 Å². The summed E-state index contributed by atoms with van der Waals surface area (Å²) in [4.78, 5) is 28.1. The fourth-order valence-corrected chi connectivity index (χ4v) is 5.08. The Balaban J connectivity index is 1.65. The van der Waals surface area contributed by atoms with Gasteiger partial charge in [0.15, 0.2) is 0 Å². The van der Waals surface area contributed by atoms with Crippen molar-refractivity contribution in [1.29, 1.82) is 0 Å². The number of rotatable bonds is 4. The molecular weight excluding hydrogens is 382 g/mol. The fraction of sp³-hybridized carbons (Fsp3) is 0.250. The number of anilines is 1. The van der Waals surface area contributed by atoms with Crippen molar-refractivity contribution < 1.29 is 14.3 Å². The van der Waals surface area contributed by atoms with E-state index < -0.39 is 0 Å². The van der Waals surface area contributed by atoms with E-state index >= 15 is 0 Å². The topological polar surface area (TPSA) is 46.6 Å². The maximum absolute atomic E-state index is 13.3. The Morgan fingerprint density at radius 1 is 1.21 bits per heavy atom. The van der Waals surface area contributed by atoms with Gasteiger partial charge >= 0.3 is 5.97 Å². The molecular formula is C24H23NO3S. The molecule has 0 bridgehead atoms. The standard InChI is InChI=1S/C24H23NO3S/c1-28-24(27)19-11-7-8-17(14-19)16-25-20-12-5-6-13-21(20)29-22(15-23(25)26)18-9-3-2-4-10-18/h2-3,5-9,11-14,22H,4,10,15-16H2,1H3. The van der Waals surface area contributed by atoms with Crippen LogP contribution in [-0.2, 0) is 16.1 Å². The van der Waals surface area contributed by atoms with Gasteiger partial charge in [0.05, 0.1) is 24.9 Å². The lowest BCUT2D eigenvalue weighted by Gasteiger charge is -2.23. The average Bonchev–Trinajstić information content (AvgIpc) is 2.91. The summed E-state index contributed by atoms with van der Waals surface area (Å²) in [5.41, 5.74) is 3.65. The Hall–Kier alpha value is -2.79. The maximum Gasteiger partial charge on any atom is 0.337 e. The van der Waals surface area contributed by atoms with Crippen LogP contribution in [0.2, 0.25) is 0 Å². The van der Waals surface area contributed by atoms with Gasteiger partial charge in [0, 0.05) is 16.6 Å². The van der Waals surface area contributed by atoms with Gasteiger partial charge in [0.2, 0.25) is 5.91 Å². The van der Waals surface area contributed by atoms with Gasteiger partial charge in [0.1, 0.15) is 0 Å². The molecule has 5 heteroatoms. The van der Waals surface area contributed by atoms with E-state index in [1.807, 2.05) is 35.2 Å². The molecule has 2 aromatic carbocycles. The van der Waals surface area contributed by atoms with Gasteiger partial charge in [-0.15, -0.1) is 11.8 Å². The summed E-state index contributed by atoms with van der Waals surface area (Å²) in [7, 11) is 1.37. The highest BCUT2D eigenvalue weighted by atomic mass is 32.2. The van der Waals surface area contributed by atoms with Crippen LogP contribution < -0.4 is 4.90 Å². The van der Waals surface area contributed by atoms with Gasteiger partial charge < -0.3 is 9.64 Å². The molecule has 148 valence electrons. The van der Waals surface area contributed by atoms with Crippen LogP contribution in [0.5, 0.6) is 0 Å². The van der Waals surface area contributed by atoms with Gasteiger partial charge in [-0.25, -0.2) is 4.79 Å². The summed E-state index contributed by atoms with van der Waals surface area (Å²) in [6.45, 7) is 0.424. The second kappa shape index (κ2) is 8.70. The number of thioether (sulfide) groups is 1. The normalized spacial score (nSPS) is 18.7. The third kappa shape index (κ3) is 4.30. The first kappa shape index (κ1) is 19.5. The number of methoxy groups -OCH3 is 1. The minimum absolute atomic E-state index is 0.103. The number of fused-ring (bicyclic) bond motifs is 1. The fourth-order valence-electron chi connectivity index (χ4n) is 3.74. The van der Waals surface area contributed by atoms with Crippen molar-refractivity contribution in [3.8, 4) is 0 Å². The highest BCUT2D eigenvalue weighted by Crippen LogP contribution is 2.42. The van der Waals surface area contributed by atoms with Crippen molar-refractivity contribution in [2.45, 2.75) is 36.0 Å². The molecule has 0 spiro atoms. The van der Waals surface area contributed by atoms with E-state index in [9.17, 15) is 9.59 Å². The smallest absolute Gasteiger partial charge is 0.337 e. The van der Waals surface area contributed by atoms with Crippen LogP contribution in [0.4, 0.5) is 5.69 Å². The van der Waals surface area contributed by atoms with Crippen molar-refractivity contribution >= 4 is 29.3 Å². The van der Waals surface area contributed by atoms with Crippen molar-refractivity contribution in [3.63, 3.8) is 0 Å². The van der Waals surface area contributed by atoms with Gasteiger partial charge in [0.25, 0.3) is 0 Å². The zero-order valence-corrected chi connectivity index (χ0v) is 17.2. The summed E-state index contributed by atoms with van der Waals surface area (Å²) >= 11 is 1.78. The Bertz CT molecular complexity index is 995. The lowest BCUT2D eigenvalue weighted by atomic mass is 9.99. The molecule has 2 aliphatic rings. The molecule has 1 unspecified atom stereocenters. The number of esters is 1. The van der Waals surface area contributed by atoms with Crippen LogP contribution in [0.3, 0.4) is 0 Å². The van der Waals surface area contributed by atoms with E-state index in [1.54, 1.807) is 23.9 Å². The minimum atomic E-state index is -0.373. The number of carbonyl (C=O) groups excluding carboxylic acids is 2. The van der Waals surface area contributed by atoms with Crippen LogP contribution in [0.15, 0.2) is 77.2 Å². The lowest BCUT2D eigenvalue weighted by Crippen LogP contribution is -2.31. The summed E-state index contributed by atoms with van der Waals surface area (Å²) in [5, 5.41) is 0.153. The first-order valence-electron chi connectivity index (χ1n) is 9.74. The zero-order valence-electron chi connectivity index (χ0n) is 16.3. The van der Waals surface area contributed by atoms with Gasteiger partial charge in [-0.2, -0.15) is 0 Å². The number of allylic oxidation sites excluding steroid dienone is 3. The minimum Gasteiger partial charge on any atom is -0.465 e. The molecule has 1 heterocycles. The molecule has 0 saturated carbocycles. The Kier molecular flexibility index (Phi) is 5.86. The van der Waals surface area contributed by atoms with E-state index in [2.05, 4.69) is 24.3 Å². The molecule has 4 nitrogen and oxygen atoms in total. The number of para-hydroxylation sites is 1. The molecule has 0 saturated heterocycles. The quantitative estimate of drug-likeness (QED) is 0.660. The first-order chi connectivity index (χ1) is 14.2. The monoisotopic (exact) mass is 405 g/mol. The molecule has 0 N–H and O–H groups in total. The van der Waals surface area contributed by atoms with E-state index in [-0.39, 0.29) is 17.1 Å². The van der Waals surface area contributed by atoms with E-state index in [4.69, 9.17) is 4.74 Å². The molecule has 1 amide bonds.